The molecule has 0 bridgehead atoms. The number of ether oxygens (including phenoxy) is 1. The highest BCUT2D eigenvalue weighted by atomic mass is 16.5. The van der Waals surface area contributed by atoms with Gasteiger partial charge in [0, 0.05) is 27.0 Å². The van der Waals surface area contributed by atoms with Crippen LogP contribution in [0.1, 0.15) is 40.0 Å². The fourth-order valence-electron chi connectivity index (χ4n) is 2.12. The number of likely N-dealkylation sites (N-methyl/N-ethyl adjacent to an activating group) is 1. The van der Waals surface area contributed by atoms with Crippen molar-refractivity contribution in [1.82, 2.24) is 4.90 Å². The third kappa shape index (κ3) is 4.46. The number of carbonyl (C=O) groups excluding carboxylic acids is 2. The third-order valence-corrected chi connectivity index (χ3v) is 3.38. The molecule has 0 aliphatic rings. The highest BCUT2D eigenvalue weighted by Gasteiger charge is 2.31. The monoisotopic (exact) mass is 243 g/mol. The number of amides is 1. The first-order valence-electron chi connectivity index (χ1n) is 6.25. The minimum atomic E-state index is -0.219. The van der Waals surface area contributed by atoms with Crippen LogP contribution in [0, 0.1) is 5.92 Å². The Labute approximate surface area is 104 Å². The molecule has 4 heteroatoms. The first-order valence-corrected chi connectivity index (χ1v) is 6.25. The topological polar surface area (TPSA) is 46.6 Å². The van der Waals surface area contributed by atoms with Crippen LogP contribution in [-0.4, -0.2) is 43.4 Å². The predicted octanol–water partition coefficient (Wildman–Crippen LogP) is 1.87. The molecule has 3 atom stereocenters. The Hall–Kier alpha value is -0.900. The lowest BCUT2D eigenvalue weighted by atomic mass is 9.91. The minimum Gasteiger partial charge on any atom is -0.379 e. The fraction of sp³-hybridized carbons (Fsp3) is 0.846. The molecule has 0 radical (unpaired) electrons. The molecule has 17 heavy (non-hydrogen) atoms. The summed E-state index contributed by atoms with van der Waals surface area (Å²) < 4.78 is 5.37. The van der Waals surface area contributed by atoms with Crippen LogP contribution in [0.25, 0.3) is 0 Å². The summed E-state index contributed by atoms with van der Waals surface area (Å²) >= 11 is 0. The van der Waals surface area contributed by atoms with Gasteiger partial charge in [0.05, 0.1) is 12.1 Å². The largest absolute Gasteiger partial charge is 0.379 e. The smallest absolute Gasteiger partial charge is 0.222 e. The van der Waals surface area contributed by atoms with Gasteiger partial charge < -0.3 is 14.4 Å². The average molecular weight is 243 g/mol. The van der Waals surface area contributed by atoms with Crippen molar-refractivity contribution < 1.29 is 14.3 Å². The van der Waals surface area contributed by atoms with Crippen LogP contribution in [0.15, 0.2) is 0 Å². The van der Waals surface area contributed by atoms with Crippen molar-refractivity contribution in [2.24, 2.45) is 5.92 Å². The maximum Gasteiger partial charge on any atom is 0.222 e. The summed E-state index contributed by atoms with van der Waals surface area (Å²) in [6.07, 6.45) is 2.38. The van der Waals surface area contributed by atoms with Crippen LogP contribution in [0.3, 0.4) is 0 Å². The van der Waals surface area contributed by atoms with Gasteiger partial charge in [-0.2, -0.15) is 0 Å². The molecule has 0 rings (SSSR count). The van der Waals surface area contributed by atoms with E-state index in [1.807, 2.05) is 6.92 Å². The molecule has 0 aromatic heterocycles. The Kier molecular flexibility index (Phi) is 7.79. The van der Waals surface area contributed by atoms with Crippen LogP contribution in [0.4, 0.5) is 0 Å². The number of hydrogen-bond acceptors (Lipinski definition) is 3. The molecule has 0 aliphatic carbocycles. The first kappa shape index (κ1) is 16.1. The van der Waals surface area contributed by atoms with Gasteiger partial charge in [-0.1, -0.05) is 27.2 Å². The number of methoxy groups -OCH3 is 1. The van der Waals surface area contributed by atoms with E-state index in [0.29, 0.717) is 18.8 Å². The van der Waals surface area contributed by atoms with Crippen molar-refractivity contribution in [2.45, 2.75) is 52.2 Å². The molecule has 0 fully saturated rings. The van der Waals surface area contributed by atoms with E-state index in [4.69, 9.17) is 4.74 Å². The van der Waals surface area contributed by atoms with E-state index in [1.54, 1.807) is 19.1 Å². The summed E-state index contributed by atoms with van der Waals surface area (Å²) in [5.41, 5.74) is 0. The Morgan fingerprint density at radius 1 is 1.41 bits per heavy atom. The summed E-state index contributed by atoms with van der Waals surface area (Å²) in [6, 6.07) is -0.0392. The number of carbonyl (C=O) groups is 2. The molecule has 0 N–H and O–H groups in total. The number of nitrogens with zero attached hydrogens (tertiary/aromatic N) is 1. The maximum absolute atomic E-state index is 11.8. The summed E-state index contributed by atoms with van der Waals surface area (Å²) in [5.74, 6) is 0.392. The van der Waals surface area contributed by atoms with Crippen LogP contribution < -0.4 is 0 Å². The first-order chi connectivity index (χ1) is 8.03. The summed E-state index contributed by atoms with van der Waals surface area (Å²) in [7, 11) is 3.38. The zero-order chi connectivity index (χ0) is 13.4. The number of hydrogen-bond donors (Lipinski definition) is 0. The van der Waals surface area contributed by atoms with Gasteiger partial charge in [-0.05, 0) is 5.92 Å². The van der Waals surface area contributed by atoms with Crippen LogP contribution in [0.2, 0.25) is 0 Å². The van der Waals surface area contributed by atoms with Gasteiger partial charge in [0.2, 0.25) is 5.91 Å². The van der Waals surface area contributed by atoms with Crippen molar-refractivity contribution in [1.29, 1.82) is 0 Å². The highest BCUT2D eigenvalue weighted by Crippen LogP contribution is 2.21. The normalized spacial score (nSPS) is 16.1. The van der Waals surface area contributed by atoms with E-state index in [0.717, 1.165) is 12.7 Å². The van der Waals surface area contributed by atoms with Crippen molar-refractivity contribution in [3.05, 3.63) is 0 Å². The Morgan fingerprint density at radius 3 is 2.35 bits per heavy atom. The molecule has 0 saturated carbocycles. The summed E-state index contributed by atoms with van der Waals surface area (Å²) in [4.78, 5) is 24.2. The fourth-order valence-corrected chi connectivity index (χ4v) is 2.12. The second kappa shape index (κ2) is 8.23. The Bertz CT molecular complexity index is 243. The van der Waals surface area contributed by atoms with E-state index < -0.39 is 0 Å². The molecule has 0 spiro atoms. The van der Waals surface area contributed by atoms with E-state index in [9.17, 15) is 9.59 Å². The van der Waals surface area contributed by atoms with E-state index in [-0.39, 0.29) is 18.1 Å². The SMILES string of the molecule is CCC(=O)N(C)[C@@H]([C@@H](C)CC)[C@@H](CC=O)OC. The molecular formula is C13H25NO3. The molecular weight excluding hydrogens is 218 g/mol. The van der Waals surface area contributed by atoms with Crippen molar-refractivity contribution in [2.75, 3.05) is 14.2 Å². The quantitative estimate of drug-likeness (QED) is 0.611. The minimum absolute atomic E-state index is 0.0392. The molecule has 0 aromatic rings. The van der Waals surface area contributed by atoms with Gasteiger partial charge >= 0.3 is 0 Å². The standard InChI is InChI=1S/C13H25NO3/c1-6-10(3)13(11(17-5)8-9-15)14(4)12(16)7-2/h9-11,13H,6-8H2,1-5H3/t10-,11+,13-/m0/s1. The third-order valence-electron chi connectivity index (χ3n) is 3.38. The Morgan fingerprint density at radius 2 is 2.00 bits per heavy atom. The van der Waals surface area contributed by atoms with Crippen molar-refractivity contribution in [3.63, 3.8) is 0 Å². The Balaban J connectivity index is 4.95. The lowest BCUT2D eigenvalue weighted by molar-refractivity contribution is -0.137. The second-order valence-corrected chi connectivity index (χ2v) is 4.41. The molecule has 0 saturated heterocycles. The van der Waals surface area contributed by atoms with Crippen LogP contribution >= 0.6 is 0 Å². The lowest BCUT2D eigenvalue weighted by Gasteiger charge is -2.37. The van der Waals surface area contributed by atoms with Crippen LogP contribution in [-0.2, 0) is 14.3 Å². The molecule has 100 valence electrons. The van der Waals surface area contributed by atoms with E-state index >= 15 is 0 Å². The lowest BCUT2D eigenvalue weighted by Crippen LogP contribution is -2.49. The molecule has 0 aromatic carbocycles. The van der Waals surface area contributed by atoms with Gasteiger partial charge in [0.1, 0.15) is 6.29 Å². The predicted molar refractivity (Wildman–Crippen MR) is 67.8 cm³/mol. The summed E-state index contributed by atoms with van der Waals surface area (Å²) in [6.45, 7) is 6.00. The number of aldehydes is 1. The van der Waals surface area contributed by atoms with Crippen molar-refractivity contribution >= 4 is 12.2 Å². The second-order valence-electron chi connectivity index (χ2n) is 4.41. The zero-order valence-electron chi connectivity index (χ0n) is 11.6. The zero-order valence-corrected chi connectivity index (χ0v) is 11.6. The van der Waals surface area contributed by atoms with E-state index in [1.165, 1.54) is 0 Å². The van der Waals surface area contributed by atoms with E-state index in [2.05, 4.69) is 13.8 Å². The number of rotatable bonds is 8. The van der Waals surface area contributed by atoms with Crippen molar-refractivity contribution in [3.8, 4) is 0 Å². The van der Waals surface area contributed by atoms with Gasteiger partial charge in [0.15, 0.2) is 0 Å². The molecule has 4 nitrogen and oxygen atoms in total. The van der Waals surface area contributed by atoms with Crippen LogP contribution in [0.5, 0.6) is 0 Å². The highest BCUT2D eigenvalue weighted by molar-refractivity contribution is 5.76. The van der Waals surface area contributed by atoms with Gasteiger partial charge in [0.25, 0.3) is 0 Å². The van der Waals surface area contributed by atoms with Gasteiger partial charge in [-0.3, -0.25) is 4.79 Å². The molecule has 1 amide bonds. The molecule has 0 aliphatic heterocycles. The molecule has 0 heterocycles. The average Bonchev–Trinajstić information content (AvgIpc) is 2.36. The summed E-state index contributed by atoms with van der Waals surface area (Å²) in [5, 5.41) is 0. The van der Waals surface area contributed by atoms with Gasteiger partial charge in [-0.25, -0.2) is 0 Å². The molecule has 0 unspecified atom stereocenters. The maximum atomic E-state index is 11.8. The van der Waals surface area contributed by atoms with Gasteiger partial charge in [-0.15, -0.1) is 0 Å².